The summed E-state index contributed by atoms with van der Waals surface area (Å²) in [5.41, 5.74) is -1.69. The smallest absolute Gasteiger partial charge is 0.410 e. The van der Waals surface area contributed by atoms with Crippen LogP contribution in [0.25, 0.3) is 0 Å². The lowest BCUT2D eigenvalue weighted by atomic mass is 9.84. The molecule has 2 rings (SSSR count). The van der Waals surface area contributed by atoms with E-state index in [1.165, 1.54) is 29.2 Å². The normalized spacial score (nSPS) is 23.5. The van der Waals surface area contributed by atoms with Gasteiger partial charge in [-0.2, -0.15) is 0 Å². The lowest BCUT2D eigenvalue weighted by Gasteiger charge is -2.42. The van der Waals surface area contributed by atoms with Gasteiger partial charge in [-0.25, -0.2) is 9.18 Å². The molecule has 1 amide bonds. The van der Waals surface area contributed by atoms with Gasteiger partial charge in [-0.1, -0.05) is 12.1 Å². The average molecular weight is 325 g/mol. The van der Waals surface area contributed by atoms with Crippen molar-refractivity contribution in [3.63, 3.8) is 0 Å². The van der Waals surface area contributed by atoms with Gasteiger partial charge in [0.2, 0.25) is 0 Å². The fourth-order valence-electron chi connectivity index (χ4n) is 2.73. The van der Waals surface area contributed by atoms with Gasteiger partial charge < -0.3 is 19.8 Å². The number of aliphatic hydroxyl groups is 2. The predicted octanol–water partition coefficient (Wildman–Crippen LogP) is 2.62. The molecule has 2 unspecified atom stereocenters. The van der Waals surface area contributed by atoms with Gasteiger partial charge in [0.15, 0.2) is 0 Å². The number of carbonyl (C=O) groups is 1. The summed E-state index contributed by atoms with van der Waals surface area (Å²) in [5, 5.41) is 21.3. The van der Waals surface area contributed by atoms with Crippen molar-refractivity contribution in [1.82, 2.24) is 4.90 Å². The number of nitrogens with zero attached hydrogens (tertiary/aromatic N) is 1. The first-order valence-electron chi connectivity index (χ1n) is 7.75. The number of hydrogen-bond acceptors (Lipinski definition) is 4. The van der Waals surface area contributed by atoms with Crippen LogP contribution in [-0.4, -0.2) is 45.5 Å². The third kappa shape index (κ3) is 4.42. The van der Waals surface area contributed by atoms with Gasteiger partial charge in [0.25, 0.3) is 0 Å². The molecule has 0 saturated carbocycles. The number of amides is 1. The lowest BCUT2D eigenvalue weighted by Crippen LogP contribution is -2.54. The second-order valence-corrected chi connectivity index (χ2v) is 7.06. The van der Waals surface area contributed by atoms with Crippen molar-refractivity contribution >= 4 is 6.09 Å². The highest BCUT2D eigenvalue weighted by molar-refractivity contribution is 5.68. The maximum atomic E-state index is 13.0. The highest BCUT2D eigenvalue weighted by Crippen LogP contribution is 2.34. The first kappa shape index (κ1) is 17.7. The van der Waals surface area contributed by atoms with Gasteiger partial charge in [-0.15, -0.1) is 0 Å². The maximum Gasteiger partial charge on any atom is 0.410 e. The zero-order valence-corrected chi connectivity index (χ0v) is 13.8. The summed E-state index contributed by atoms with van der Waals surface area (Å²) in [6.45, 7) is 5.75. The Hall–Kier alpha value is -1.66. The molecule has 0 radical (unpaired) electrons. The van der Waals surface area contributed by atoms with Gasteiger partial charge in [0.05, 0.1) is 6.54 Å². The summed E-state index contributed by atoms with van der Waals surface area (Å²) in [7, 11) is 0. The van der Waals surface area contributed by atoms with Crippen LogP contribution in [-0.2, 0) is 4.74 Å². The van der Waals surface area contributed by atoms with E-state index in [9.17, 15) is 19.4 Å². The Labute approximate surface area is 135 Å². The van der Waals surface area contributed by atoms with Crippen LogP contribution >= 0.6 is 0 Å². The standard InChI is InChI=1S/C17H24FNO4/c1-16(2,3)23-15(21)19-10-4-9-17(22,11-19)14(20)12-5-7-13(18)8-6-12/h5-8,14,20,22H,4,9-11H2,1-3H3. The zero-order valence-electron chi connectivity index (χ0n) is 13.8. The summed E-state index contributed by atoms with van der Waals surface area (Å²) in [4.78, 5) is 13.6. The molecule has 1 aromatic rings. The molecular formula is C17H24FNO4. The second-order valence-electron chi connectivity index (χ2n) is 7.06. The van der Waals surface area contributed by atoms with E-state index < -0.39 is 29.2 Å². The van der Waals surface area contributed by atoms with E-state index in [1.54, 1.807) is 20.8 Å². The Morgan fingerprint density at radius 3 is 2.52 bits per heavy atom. The number of halogens is 1. The number of benzene rings is 1. The van der Waals surface area contributed by atoms with Crippen molar-refractivity contribution in [1.29, 1.82) is 0 Å². The molecule has 128 valence electrons. The minimum Gasteiger partial charge on any atom is -0.444 e. The van der Waals surface area contributed by atoms with Crippen LogP contribution < -0.4 is 0 Å². The van der Waals surface area contributed by atoms with Gasteiger partial charge >= 0.3 is 6.09 Å². The molecule has 2 atom stereocenters. The topological polar surface area (TPSA) is 70.0 Å². The average Bonchev–Trinajstić information content (AvgIpc) is 2.45. The van der Waals surface area contributed by atoms with Crippen molar-refractivity contribution < 1.29 is 24.1 Å². The van der Waals surface area contributed by atoms with Crippen molar-refractivity contribution in [3.8, 4) is 0 Å². The Morgan fingerprint density at radius 1 is 1.35 bits per heavy atom. The fourth-order valence-corrected chi connectivity index (χ4v) is 2.73. The van der Waals surface area contributed by atoms with E-state index in [-0.39, 0.29) is 6.54 Å². The van der Waals surface area contributed by atoms with Gasteiger partial charge in [-0.05, 0) is 51.3 Å². The van der Waals surface area contributed by atoms with Crippen LogP contribution in [0.3, 0.4) is 0 Å². The maximum absolute atomic E-state index is 13.0. The van der Waals surface area contributed by atoms with E-state index in [2.05, 4.69) is 0 Å². The molecule has 1 aliphatic heterocycles. The van der Waals surface area contributed by atoms with Crippen molar-refractivity contribution in [2.24, 2.45) is 0 Å². The summed E-state index contributed by atoms with van der Waals surface area (Å²) in [6.07, 6.45) is -0.811. The Balaban J connectivity index is 2.11. The van der Waals surface area contributed by atoms with Crippen LogP contribution in [0.2, 0.25) is 0 Å². The molecule has 1 aromatic carbocycles. The second kappa shape index (κ2) is 6.45. The van der Waals surface area contributed by atoms with Crippen molar-refractivity contribution in [2.75, 3.05) is 13.1 Å². The first-order valence-corrected chi connectivity index (χ1v) is 7.75. The summed E-state index contributed by atoms with van der Waals surface area (Å²) in [5.74, 6) is -0.410. The number of rotatable bonds is 2. The van der Waals surface area contributed by atoms with E-state index in [1.807, 2.05) is 0 Å². The molecular weight excluding hydrogens is 301 g/mol. The molecule has 23 heavy (non-hydrogen) atoms. The number of likely N-dealkylation sites (tertiary alicyclic amines) is 1. The first-order chi connectivity index (χ1) is 10.6. The van der Waals surface area contributed by atoms with E-state index in [0.717, 1.165) is 0 Å². The largest absolute Gasteiger partial charge is 0.444 e. The lowest BCUT2D eigenvalue weighted by molar-refractivity contribution is -0.115. The monoisotopic (exact) mass is 325 g/mol. The van der Waals surface area contributed by atoms with Crippen molar-refractivity contribution in [3.05, 3.63) is 35.6 Å². The predicted molar refractivity (Wildman–Crippen MR) is 83.4 cm³/mol. The molecule has 1 heterocycles. The summed E-state index contributed by atoms with van der Waals surface area (Å²) in [6, 6.07) is 5.33. The summed E-state index contributed by atoms with van der Waals surface area (Å²) < 4.78 is 18.3. The third-order valence-corrected chi connectivity index (χ3v) is 3.85. The molecule has 0 aromatic heterocycles. The Bertz CT molecular complexity index is 555. The minimum absolute atomic E-state index is 0.0273. The van der Waals surface area contributed by atoms with Crippen molar-refractivity contribution in [2.45, 2.75) is 50.9 Å². The highest BCUT2D eigenvalue weighted by atomic mass is 19.1. The van der Waals surface area contributed by atoms with Gasteiger partial charge in [-0.3, -0.25) is 0 Å². The third-order valence-electron chi connectivity index (χ3n) is 3.85. The number of β-amino-alcohol motifs (C(OH)–C–C–N with tert-alkyl or cyclic N) is 1. The van der Waals surface area contributed by atoms with E-state index in [4.69, 9.17) is 4.74 Å². The Kier molecular flexibility index (Phi) is 4.96. The van der Waals surface area contributed by atoms with Crippen LogP contribution in [0.15, 0.2) is 24.3 Å². The number of aliphatic hydroxyl groups excluding tert-OH is 1. The van der Waals surface area contributed by atoms with Crippen LogP contribution in [0.5, 0.6) is 0 Å². The number of hydrogen-bond donors (Lipinski definition) is 2. The Morgan fingerprint density at radius 2 is 1.96 bits per heavy atom. The zero-order chi connectivity index (χ0) is 17.3. The molecule has 6 heteroatoms. The summed E-state index contributed by atoms with van der Waals surface area (Å²) >= 11 is 0. The fraction of sp³-hybridized carbons (Fsp3) is 0.588. The van der Waals surface area contributed by atoms with E-state index in [0.29, 0.717) is 24.9 Å². The number of ether oxygens (including phenoxy) is 1. The molecule has 0 spiro atoms. The molecule has 1 aliphatic rings. The number of piperidine rings is 1. The van der Waals surface area contributed by atoms with Crippen LogP contribution in [0, 0.1) is 5.82 Å². The molecule has 0 bridgehead atoms. The molecule has 1 fully saturated rings. The van der Waals surface area contributed by atoms with Crippen LogP contribution in [0.4, 0.5) is 9.18 Å². The quantitative estimate of drug-likeness (QED) is 0.877. The molecule has 0 aliphatic carbocycles. The highest BCUT2D eigenvalue weighted by Gasteiger charge is 2.42. The molecule has 2 N–H and O–H groups in total. The number of carbonyl (C=O) groups excluding carboxylic acids is 1. The van der Waals surface area contributed by atoms with Gasteiger partial charge in [0, 0.05) is 6.54 Å². The SMILES string of the molecule is CC(C)(C)OC(=O)N1CCCC(O)(C(O)c2ccc(F)cc2)C1. The van der Waals surface area contributed by atoms with E-state index >= 15 is 0 Å². The molecule has 5 nitrogen and oxygen atoms in total. The minimum atomic E-state index is -1.48. The van der Waals surface area contributed by atoms with Crippen LogP contribution in [0.1, 0.15) is 45.3 Å². The van der Waals surface area contributed by atoms with Gasteiger partial charge in [0.1, 0.15) is 23.1 Å². The molecule has 1 saturated heterocycles.